The number of hydrogen-bond acceptors (Lipinski definition) is 7. The van der Waals surface area contributed by atoms with Crippen molar-refractivity contribution in [3.63, 3.8) is 0 Å². The van der Waals surface area contributed by atoms with Crippen molar-refractivity contribution in [3.8, 4) is 5.69 Å². The molecule has 0 unspecified atom stereocenters. The number of nitrogens with one attached hydrogen (secondary N) is 1. The summed E-state index contributed by atoms with van der Waals surface area (Å²) in [5.74, 6) is 0.463. The van der Waals surface area contributed by atoms with Gasteiger partial charge in [-0.1, -0.05) is 53.2 Å². The normalized spacial score (nSPS) is 11.4. The average Bonchev–Trinajstić information content (AvgIpc) is 3.40. The maximum atomic E-state index is 6.27. The van der Waals surface area contributed by atoms with Crippen LogP contribution in [0.4, 0.5) is 5.82 Å². The van der Waals surface area contributed by atoms with Gasteiger partial charge in [0.15, 0.2) is 17.0 Å². The number of para-hydroxylation sites is 1. The number of anilines is 1. The molecule has 3 aromatic heterocycles. The molecule has 10 heteroatoms. The van der Waals surface area contributed by atoms with Crippen LogP contribution >= 0.6 is 11.6 Å². The molecule has 0 atom stereocenters. The van der Waals surface area contributed by atoms with E-state index in [1.807, 2.05) is 72.4 Å². The first kappa shape index (κ1) is 19.8. The predicted molar refractivity (Wildman–Crippen MR) is 123 cm³/mol. The Kier molecular flexibility index (Phi) is 5.30. The molecule has 0 aliphatic rings. The highest BCUT2D eigenvalue weighted by atomic mass is 35.5. The van der Waals surface area contributed by atoms with E-state index >= 15 is 0 Å². The van der Waals surface area contributed by atoms with Crippen LogP contribution < -0.4 is 5.43 Å². The molecule has 0 radical (unpaired) electrons. The van der Waals surface area contributed by atoms with Gasteiger partial charge < -0.3 is 0 Å². The lowest BCUT2D eigenvalue weighted by molar-refractivity contribution is 0.664. The molecular weight excluding hydrogens is 426 g/mol. The second kappa shape index (κ2) is 8.56. The first-order chi connectivity index (χ1) is 15.7. The molecule has 0 spiro atoms. The third kappa shape index (κ3) is 3.93. The maximum Gasteiger partial charge on any atom is 0.184 e. The van der Waals surface area contributed by atoms with Crippen molar-refractivity contribution < 1.29 is 0 Å². The van der Waals surface area contributed by atoms with Gasteiger partial charge in [-0.15, -0.1) is 5.10 Å². The van der Waals surface area contributed by atoms with Gasteiger partial charge >= 0.3 is 0 Å². The van der Waals surface area contributed by atoms with E-state index < -0.39 is 0 Å². The largest absolute Gasteiger partial charge is 0.259 e. The summed E-state index contributed by atoms with van der Waals surface area (Å²) in [5.41, 5.74) is 7.70. The zero-order valence-corrected chi connectivity index (χ0v) is 17.8. The molecule has 0 amide bonds. The minimum atomic E-state index is 0.452. The maximum absolute atomic E-state index is 6.27. The Bertz CT molecular complexity index is 1410. The van der Waals surface area contributed by atoms with Crippen LogP contribution in [-0.2, 0) is 6.54 Å². The number of rotatable bonds is 6. The van der Waals surface area contributed by atoms with Crippen molar-refractivity contribution in [2.45, 2.75) is 13.5 Å². The van der Waals surface area contributed by atoms with Gasteiger partial charge in [0.1, 0.15) is 6.33 Å². The number of halogens is 1. The molecule has 5 rings (SSSR count). The number of aryl methyl sites for hydroxylation is 1. The van der Waals surface area contributed by atoms with Crippen molar-refractivity contribution in [2.75, 3.05) is 5.43 Å². The smallest absolute Gasteiger partial charge is 0.184 e. The Labute approximate surface area is 188 Å². The van der Waals surface area contributed by atoms with Gasteiger partial charge in [-0.2, -0.15) is 10.2 Å². The van der Waals surface area contributed by atoms with Gasteiger partial charge in [-0.25, -0.2) is 19.3 Å². The molecule has 9 nitrogen and oxygen atoms in total. The second-order valence-electron chi connectivity index (χ2n) is 7.05. The summed E-state index contributed by atoms with van der Waals surface area (Å²) < 4.78 is 3.50. The highest BCUT2D eigenvalue weighted by Crippen LogP contribution is 2.20. The molecule has 0 aliphatic heterocycles. The molecule has 0 bridgehead atoms. The molecule has 1 N–H and O–H groups in total. The Morgan fingerprint density at radius 3 is 2.72 bits per heavy atom. The van der Waals surface area contributed by atoms with E-state index in [1.54, 1.807) is 10.9 Å². The van der Waals surface area contributed by atoms with E-state index in [9.17, 15) is 0 Å². The van der Waals surface area contributed by atoms with Crippen molar-refractivity contribution in [1.82, 2.24) is 34.7 Å². The van der Waals surface area contributed by atoms with Crippen LogP contribution in [0.5, 0.6) is 0 Å². The zero-order chi connectivity index (χ0) is 21.9. The highest BCUT2D eigenvalue weighted by Gasteiger charge is 2.13. The number of hydrazone groups is 1. The van der Waals surface area contributed by atoms with E-state index in [1.165, 1.54) is 6.33 Å². The van der Waals surface area contributed by atoms with Crippen LogP contribution in [0.2, 0.25) is 5.02 Å². The van der Waals surface area contributed by atoms with E-state index in [-0.39, 0.29) is 0 Å². The molecule has 3 heterocycles. The molecular formula is C22H18ClN9. The fourth-order valence-electron chi connectivity index (χ4n) is 3.24. The van der Waals surface area contributed by atoms with E-state index in [4.69, 9.17) is 11.6 Å². The standard InChI is InChI=1S/C22H18ClN9/c1-15-17(13-31(29-15)18-8-3-2-4-9-18)11-26-28-21-20-22(25-14-24-21)32(30-27-20)12-16-7-5-6-10-19(16)23/h2-11,13-14H,12H2,1H3,(H,24,25,28)/b26-11+. The molecule has 2 aromatic carbocycles. The summed E-state index contributed by atoms with van der Waals surface area (Å²) in [7, 11) is 0. The fraction of sp³-hybridized carbons (Fsp3) is 0.0909. The SMILES string of the molecule is Cc1nn(-c2ccccc2)cc1/C=N/Nc1ncnc2c1nnn2Cc1ccccc1Cl. The van der Waals surface area contributed by atoms with Crippen LogP contribution in [0.25, 0.3) is 16.9 Å². The second-order valence-corrected chi connectivity index (χ2v) is 7.46. The zero-order valence-electron chi connectivity index (χ0n) is 17.1. The van der Waals surface area contributed by atoms with E-state index in [0.717, 1.165) is 22.5 Å². The lowest BCUT2D eigenvalue weighted by Gasteiger charge is -2.04. The van der Waals surface area contributed by atoms with Gasteiger partial charge in [-0.3, -0.25) is 5.43 Å². The van der Waals surface area contributed by atoms with Crippen molar-refractivity contribution in [2.24, 2.45) is 5.10 Å². The first-order valence-electron chi connectivity index (χ1n) is 9.87. The number of hydrogen-bond donors (Lipinski definition) is 1. The van der Waals surface area contributed by atoms with Crippen molar-refractivity contribution in [1.29, 1.82) is 0 Å². The Hall–Kier alpha value is -4.11. The van der Waals surface area contributed by atoms with Gasteiger partial charge in [0, 0.05) is 16.8 Å². The number of nitrogens with zero attached hydrogens (tertiary/aromatic N) is 8. The quantitative estimate of drug-likeness (QED) is 0.316. The summed E-state index contributed by atoms with van der Waals surface area (Å²) in [6.07, 6.45) is 5.07. The van der Waals surface area contributed by atoms with E-state index in [2.05, 4.69) is 35.9 Å². The summed E-state index contributed by atoms with van der Waals surface area (Å²) in [6.45, 7) is 2.39. The molecule has 32 heavy (non-hydrogen) atoms. The Balaban J connectivity index is 1.36. The minimum absolute atomic E-state index is 0.452. The summed E-state index contributed by atoms with van der Waals surface area (Å²) in [6, 6.07) is 17.5. The third-order valence-corrected chi connectivity index (χ3v) is 5.28. The Morgan fingerprint density at radius 2 is 1.88 bits per heavy atom. The van der Waals surface area contributed by atoms with Crippen LogP contribution in [0.15, 0.2) is 72.2 Å². The number of benzene rings is 2. The molecule has 0 saturated heterocycles. The molecule has 0 fully saturated rings. The van der Waals surface area contributed by atoms with Gasteiger partial charge in [0.25, 0.3) is 0 Å². The first-order valence-corrected chi connectivity index (χ1v) is 10.3. The lowest BCUT2D eigenvalue weighted by atomic mass is 10.2. The van der Waals surface area contributed by atoms with Crippen molar-refractivity contribution >= 4 is 34.8 Å². The highest BCUT2D eigenvalue weighted by molar-refractivity contribution is 6.31. The summed E-state index contributed by atoms with van der Waals surface area (Å²) in [5, 5.41) is 18.0. The number of fused-ring (bicyclic) bond motifs is 1. The van der Waals surface area contributed by atoms with Crippen LogP contribution in [-0.4, -0.2) is 41.0 Å². The molecule has 158 valence electrons. The molecule has 0 aliphatic carbocycles. The fourth-order valence-corrected chi connectivity index (χ4v) is 3.44. The third-order valence-electron chi connectivity index (χ3n) is 4.91. The topological polar surface area (TPSA) is 98.7 Å². The molecule has 5 aromatic rings. The Morgan fingerprint density at radius 1 is 1.06 bits per heavy atom. The summed E-state index contributed by atoms with van der Waals surface area (Å²) >= 11 is 6.27. The van der Waals surface area contributed by atoms with Gasteiger partial charge in [-0.05, 0) is 30.7 Å². The lowest BCUT2D eigenvalue weighted by Crippen LogP contribution is -2.04. The predicted octanol–water partition coefficient (Wildman–Crippen LogP) is 3.86. The van der Waals surface area contributed by atoms with Gasteiger partial charge in [0.05, 0.1) is 24.1 Å². The van der Waals surface area contributed by atoms with Gasteiger partial charge in [0.2, 0.25) is 0 Å². The number of aromatic nitrogens is 7. The van der Waals surface area contributed by atoms with Crippen LogP contribution in [0.3, 0.4) is 0 Å². The summed E-state index contributed by atoms with van der Waals surface area (Å²) in [4.78, 5) is 8.58. The average molecular weight is 444 g/mol. The van der Waals surface area contributed by atoms with E-state index in [0.29, 0.717) is 28.5 Å². The van der Waals surface area contributed by atoms with Crippen LogP contribution in [0.1, 0.15) is 16.8 Å². The van der Waals surface area contributed by atoms with Crippen LogP contribution in [0, 0.1) is 6.92 Å². The van der Waals surface area contributed by atoms with Crippen molar-refractivity contribution in [3.05, 3.63) is 89.0 Å². The minimum Gasteiger partial charge on any atom is -0.259 e. The monoisotopic (exact) mass is 443 g/mol. The molecule has 0 saturated carbocycles.